The van der Waals surface area contributed by atoms with E-state index in [2.05, 4.69) is 4.99 Å². The van der Waals surface area contributed by atoms with Crippen molar-refractivity contribution >= 4 is 12.0 Å². The maximum atomic E-state index is 13.4. The van der Waals surface area contributed by atoms with Crippen molar-refractivity contribution in [2.24, 2.45) is 22.7 Å². The van der Waals surface area contributed by atoms with Gasteiger partial charge in [0, 0.05) is 23.9 Å². The quantitative estimate of drug-likeness (QED) is 0.733. The first-order chi connectivity index (χ1) is 10.8. The summed E-state index contributed by atoms with van der Waals surface area (Å²) in [5, 5.41) is 0. The van der Waals surface area contributed by atoms with Crippen LogP contribution in [0.2, 0.25) is 0 Å². The second-order valence-electron chi connectivity index (χ2n) is 6.03. The number of carbonyl (C=O) groups excluding carboxylic acids is 1. The molecule has 1 aliphatic heterocycles. The fourth-order valence-corrected chi connectivity index (χ4v) is 2.67. The van der Waals surface area contributed by atoms with E-state index in [0.717, 1.165) is 6.08 Å². The predicted molar refractivity (Wildman–Crippen MR) is 85.1 cm³/mol. The molecular weight excluding hydrogens is 303 g/mol. The maximum Gasteiger partial charge on any atom is 0.417 e. The van der Waals surface area contributed by atoms with Crippen LogP contribution in [0.1, 0.15) is 26.7 Å². The number of hydrogen-bond acceptors (Lipinski definition) is 2. The third-order valence-corrected chi connectivity index (χ3v) is 4.20. The van der Waals surface area contributed by atoms with Crippen LogP contribution in [0.25, 0.3) is 0 Å². The van der Waals surface area contributed by atoms with Gasteiger partial charge < -0.3 is 0 Å². The lowest BCUT2D eigenvalue weighted by atomic mass is 9.82. The number of allylic oxidation sites excluding steroid dienone is 7. The fraction of sp³-hybridized carbons (Fsp3) is 0.444. The summed E-state index contributed by atoms with van der Waals surface area (Å²) in [4.78, 5) is 16.6. The first-order valence-corrected chi connectivity index (χ1v) is 7.69. The van der Waals surface area contributed by atoms with Crippen LogP contribution in [0.4, 0.5) is 13.2 Å². The smallest absolute Gasteiger partial charge is 0.294 e. The molecule has 0 saturated carbocycles. The Balaban J connectivity index is 2.39. The van der Waals surface area contributed by atoms with Gasteiger partial charge in [-0.05, 0) is 24.7 Å². The van der Waals surface area contributed by atoms with E-state index >= 15 is 0 Å². The summed E-state index contributed by atoms with van der Waals surface area (Å²) in [6.07, 6.45) is 7.23. The maximum absolute atomic E-state index is 13.4. The number of nitrogens with zero attached hydrogens (tertiary/aromatic N) is 1. The summed E-state index contributed by atoms with van der Waals surface area (Å²) in [7, 11) is 0. The molecule has 0 bridgehead atoms. The van der Waals surface area contributed by atoms with Gasteiger partial charge in [-0.25, -0.2) is 0 Å². The molecule has 0 spiro atoms. The molecule has 3 unspecified atom stereocenters. The first kappa shape index (κ1) is 17.4. The summed E-state index contributed by atoms with van der Waals surface area (Å²) in [5.41, 5.74) is -1.10. The average Bonchev–Trinajstić information content (AvgIpc) is 2.49. The van der Waals surface area contributed by atoms with Crippen molar-refractivity contribution in [3.05, 3.63) is 47.7 Å². The normalized spacial score (nSPS) is 26.1. The minimum absolute atomic E-state index is 0.00941. The third kappa shape index (κ3) is 4.30. The van der Waals surface area contributed by atoms with Crippen LogP contribution in [-0.2, 0) is 4.79 Å². The molecule has 0 amide bonds. The van der Waals surface area contributed by atoms with E-state index in [0.29, 0.717) is 12.8 Å². The lowest BCUT2D eigenvalue weighted by Gasteiger charge is -2.22. The number of rotatable bonds is 3. The molecule has 2 rings (SSSR count). The van der Waals surface area contributed by atoms with Gasteiger partial charge in [0.15, 0.2) is 5.78 Å². The van der Waals surface area contributed by atoms with E-state index in [-0.39, 0.29) is 17.4 Å². The number of carbonyl (C=O) groups is 1. The molecule has 1 heterocycles. The second-order valence-corrected chi connectivity index (χ2v) is 6.03. The van der Waals surface area contributed by atoms with Crippen molar-refractivity contribution in [2.75, 3.05) is 0 Å². The van der Waals surface area contributed by atoms with E-state index in [1.54, 1.807) is 31.5 Å². The highest BCUT2D eigenvalue weighted by molar-refractivity contribution is 6.01. The average molecular weight is 323 g/mol. The van der Waals surface area contributed by atoms with Gasteiger partial charge in [0.25, 0.3) is 0 Å². The molecule has 2 aliphatic rings. The predicted octanol–water partition coefficient (Wildman–Crippen LogP) is 4.81. The van der Waals surface area contributed by atoms with Crippen LogP contribution in [0, 0.1) is 17.8 Å². The molecule has 0 fully saturated rings. The molecule has 5 heteroatoms. The highest BCUT2D eigenvalue weighted by Crippen LogP contribution is 2.34. The van der Waals surface area contributed by atoms with Crippen molar-refractivity contribution in [1.29, 1.82) is 0 Å². The molecule has 0 radical (unpaired) electrons. The Bertz CT molecular complexity index is 608. The van der Waals surface area contributed by atoms with Crippen LogP contribution < -0.4 is 0 Å². The number of ketones is 1. The zero-order chi connectivity index (χ0) is 17.0. The second kappa shape index (κ2) is 7.11. The van der Waals surface area contributed by atoms with Crippen LogP contribution in [-0.4, -0.2) is 18.2 Å². The molecule has 124 valence electrons. The molecule has 1 aliphatic carbocycles. The number of alkyl halides is 3. The Morgan fingerprint density at radius 2 is 2.00 bits per heavy atom. The minimum atomic E-state index is -4.55. The van der Waals surface area contributed by atoms with E-state index < -0.39 is 23.5 Å². The van der Waals surface area contributed by atoms with Gasteiger partial charge in [0.1, 0.15) is 0 Å². The van der Waals surface area contributed by atoms with E-state index in [1.807, 2.05) is 6.92 Å². The Morgan fingerprint density at radius 1 is 1.26 bits per heavy atom. The molecule has 23 heavy (non-hydrogen) atoms. The summed E-state index contributed by atoms with van der Waals surface area (Å²) >= 11 is 0. The van der Waals surface area contributed by atoms with Gasteiger partial charge in [0.05, 0.1) is 5.57 Å². The molecule has 2 nitrogen and oxygen atoms in total. The molecule has 0 N–H and O–H groups in total. The molecule has 3 atom stereocenters. The van der Waals surface area contributed by atoms with Crippen molar-refractivity contribution in [1.82, 2.24) is 0 Å². The number of aliphatic imine (C=N–C) groups is 1. The highest BCUT2D eigenvalue weighted by Gasteiger charge is 2.37. The summed E-state index contributed by atoms with van der Waals surface area (Å²) in [6.45, 7) is 3.52. The molecule has 0 saturated heterocycles. The minimum Gasteiger partial charge on any atom is -0.294 e. The molecular formula is C18H20F3NO. The van der Waals surface area contributed by atoms with Crippen LogP contribution >= 0.6 is 0 Å². The highest BCUT2D eigenvalue weighted by atomic mass is 19.4. The summed E-state index contributed by atoms with van der Waals surface area (Å²) in [5.74, 6) is -1.11. The largest absolute Gasteiger partial charge is 0.417 e. The van der Waals surface area contributed by atoms with Gasteiger partial charge in [-0.2, -0.15) is 13.2 Å². The van der Waals surface area contributed by atoms with Gasteiger partial charge in [-0.3, -0.25) is 9.79 Å². The summed E-state index contributed by atoms with van der Waals surface area (Å²) in [6, 6.07) is 0. The van der Waals surface area contributed by atoms with Crippen molar-refractivity contribution in [2.45, 2.75) is 32.9 Å². The molecule has 0 aromatic heterocycles. The topological polar surface area (TPSA) is 29.4 Å². The standard InChI is InChI=1S/C18H20F3NO/c1-12-4-3-5-15(16(7-6-12)18(19,20)21)17(23)13(2)14-8-10-22-11-9-14/h3,5-8,10-14H,4,9H2,1-2H3. The molecule has 0 aromatic carbocycles. The Morgan fingerprint density at radius 3 is 2.61 bits per heavy atom. The van der Waals surface area contributed by atoms with E-state index in [1.165, 1.54) is 12.2 Å². The lowest BCUT2D eigenvalue weighted by Crippen LogP contribution is -2.25. The monoisotopic (exact) mass is 323 g/mol. The van der Waals surface area contributed by atoms with E-state index in [4.69, 9.17) is 0 Å². The Labute approximate surface area is 134 Å². The summed E-state index contributed by atoms with van der Waals surface area (Å²) < 4.78 is 40.1. The first-order valence-electron chi connectivity index (χ1n) is 7.69. The van der Waals surface area contributed by atoms with Crippen molar-refractivity contribution in [3.63, 3.8) is 0 Å². The number of Topliss-reactive ketones (excluding diaryl/α,β-unsaturated/α-hetero) is 1. The van der Waals surface area contributed by atoms with Gasteiger partial charge in [-0.15, -0.1) is 0 Å². The van der Waals surface area contributed by atoms with Gasteiger partial charge in [-0.1, -0.05) is 44.2 Å². The fourth-order valence-electron chi connectivity index (χ4n) is 2.67. The third-order valence-electron chi connectivity index (χ3n) is 4.20. The Kier molecular flexibility index (Phi) is 5.39. The van der Waals surface area contributed by atoms with Crippen LogP contribution in [0.3, 0.4) is 0 Å². The zero-order valence-electron chi connectivity index (χ0n) is 13.2. The molecule has 0 aromatic rings. The van der Waals surface area contributed by atoms with Crippen LogP contribution in [0.15, 0.2) is 52.7 Å². The number of halogens is 3. The van der Waals surface area contributed by atoms with Crippen LogP contribution in [0.5, 0.6) is 0 Å². The van der Waals surface area contributed by atoms with Gasteiger partial charge >= 0.3 is 6.18 Å². The van der Waals surface area contributed by atoms with E-state index in [9.17, 15) is 18.0 Å². The van der Waals surface area contributed by atoms with Crippen molar-refractivity contribution in [3.8, 4) is 0 Å². The SMILES string of the molecule is CC1C=CC(C(F)(F)F)=C(C(=O)C(C)C2C=CN=CC2)C=CC1. The van der Waals surface area contributed by atoms with Crippen molar-refractivity contribution < 1.29 is 18.0 Å². The number of hydrogen-bond donors (Lipinski definition) is 0. The Hall–Kier alpha value is -1.91. The zero-order valence-corrected chi connectivity index (χ0v) is 13.2. The lowest BCUT2D eigenvalue weighted by molar-refractivity contribution is -0.120. The van der Waals surface area contributed by atoms with Gasteiger partial charge in [0.2, 0.25) is 0 Å².